The maximum Gasteiger partial charge on any atom is 0.333 e. The number of rotatable bonds is 6. The highest BCUT2D eigenvalue weighted by molar-refractivity contribution is 6.29. The number of urea groups is 1. The number of carbonyl (C=O) groups is 1. The first-order chi connectivity index (χ1) is 9.51. The molecule has 0 radical (unpaired) electrons. The van der Waals surface area contributed by atoms with Gasteiger partial charge in [0.1, 0.15) is 5.15 Å². The standard InChI is InChI=1S/C10H13ClN6O3/c1-12-10(18)16-15-9(6-17(19)20)14-5-7-2-3-8(11)13-4-7/h2-4,6,14-15H,5H2,1H3,(H2,12,16,18). The largest absolute Gasteiger partial charge is 0.361 e. The van der Waals surface area contributed by atoms with E-state index in [0.29, 0.717) is 11.4 Å². The predicted molar refractivity (Wildman–Crippen MR) is 71.9 cm³/mol. The van der Waals surface area contributed by atoms with Crippen LogP contribution in [0.5, 0.6) is 0 Å². The van der Waals surface area contributed by atoms with Crippen molar-refractivity contribution >= 4 is 17.6 Å². The Labute approximate surface area is 119 Å². The Balaban J connectivity index is 2.58. The summed E-state index contributed by atoms with van der Waals surface area (Å²) in [5.74, 6) is 0.0218. The van der Waals surface area contributed by atoms with Crippen LogP contribution in [0.2, 0.25) is 5.15 Å². The summed E-state index contributed by atoms with van der Waals surface area (Å²) in [7, 11) is 1.42. The molecule has 1 heterocycles. The average Bonchev–Trinajstić information content (AvgIpc) is 2.42. The number of nitro groups is 1. The van der Waals surface area contributed by atoms with Gasteiger partial charge in [0.05, 0.1) is 4.92 Å². The van der Waals surface area contributed by atoms with E-state index in [2.05, 4.69) is 26.5 Å². The fourth-order valence-electron chi connectivity index (χ4n) is 1.12. The topological polar surface area (TPSA) is 121 Å². The van der Waals surface area contributed by atoms with Gasteiger partial charge in [-0.1, -0.05) is 17.7 Å². The SMILES string of the molecule is CNC(=O)NNC(=C[N+](=O)[O-])NCc1ccc(Cl)nc1. The maximum atomic E-state index is 11.0. The molecule has 20 heavy (non-hydrogen) atoms. The molecular weight excluding hydrogens is 288 g/mol. The van der Waals surface area contributed by atoms with Crippen molar-refractivity contribution in [2.45, 2.75) is 6.54 Å². The molecular formula is C10H13ClN6O3. The minimum Gasteiger partial charge on any atom is -0.361 e. The van der Waals surface area contributed by atoms with Crippen molar-refractivity contribution in [1.82, 2.24) is 26.5 Å². The number of aromatic nitrogens is 1. The zero-order valence-electron chi connectivity index (χ0n) is 10.5. The molecule has 0 fully saturated rings. The molecule has 0 spiro atoms. The van der Waals surface area contributed by atoms with Crippen LogP contribution in [0.15, 0.2) is 30.4 Å². The molecule has 0 bridgehead atoms. The van der Waals surface area contributed by atoms with Gasteiger partial charge in [-0.15, -0.1) is 0 Å². The Morgan fingerprint density at radius 1 is 1.50 bits per heavy atom. The van der Waals surface area contributed by atoms with E-state index in [0.717, 1.165) is 5.56 Å². The number of nitrogens with zero attached hydrogens (tertiary/aromatic N) is 2. The molecule has 0 aliphatic carbocycles. The Kier molecular flexibility index (Phi) is 6.04. The second kappa shape index (κ2) is 7.79. The van der Waals surface area contributed by atoms with Crippen LogP contribution in [0.1, 0.15) is 5.56 Å². The van der Waals surface area contributed by atoms with Gasteiger partial charge in [0.2, 0.25) is 0 Å². The quantitative estimate of drug-likeness (QED) is 0.341. The van der Waals surface area contributed by atoms with Crippen LogP contribution in [0.25, 0.3) is 0 Å². The Morgan fingerprint density at radius 2 is 2.25 bits per heavy atom. The number of hydrazine groups is 1. The van der Waals surface area contributed by atoms with E-state index in [1.165, 1.54) is 13.2 Å². The molecule has 1 aromatic rings. The van der Waals surface area contributed by atoms with Gasteiger partial charge < -0.3 is 10.6 Å². The average molecular weight is 301 g/mol. The van der Waals surface area contributed by atoms with Crippen LogP contribution in [0.4, 0.5) is 4.79 Å². The molecule has 0 atom stereocenters. The van der Waals surface area contributed by atoms with Gasteiger partial charge in [0.25, 0.3) is 6.20 Å². The summed E-state index contributed by atoms with van der Waals surface area (Å²) in [4.78, 5) is 24.7. The first-order valence-corrected chi connectivity index (χ1v) is 5.82. The van der Waals surface area contributed by atoms with E-state index >= 15 is 0 Å². The van der Waals surface area contributed by atoms with E-state index in [-0.39, 0.29) is 12.4 Å². The van der Waals surface area contributed by atoms with E-state index in [1.807, 2.05) is 0 Å². The predicted octanol–water partition coefficient (Wildman–Crippen LogP) is 0.334. The Morgan fingerprint density at radius 3 is 2.80 bits per heavy atom. The van der Waals surface area contributed by atoms with Gasteiger partial charge in [0, 0.05) is 19.8 Å². The lowest BCUT2D eigenvalue weighted by atomic mass is 10.3. The molecule has 0 aromatic carbocycles. The van der Waals surface area contributed by atoms with Crippen LogP contribution < -0.4 is 21.5 Å². The molecule has 0 saturated heterocycles. The summed E-state index contributed by atoms with van der Waals surface area (Å²) in [5, 5.41) is 15.9. The summed E-state index contributed by atoms with van der Waals surface area (Å²) in [6.07, 6.45) is 2.23. The molecule has 10 heteroatoms. The lowest BCUT2D eigenvalue weighted by Crippen LogP contribution is -2.45. The third kappa shape index (κ3) is 5.87. The van der Waals surface area contributed by atoms with Gasteiger partial charge in [-0.05, 0) is 11.6 Å². The molecule has 1 rings (SSSR count). The molecule has 108 valence electrons. The van der Waals surface area contributed by atoms with Crippen molar-refractivity contribution in [2.24, 2.45) is 0 Å². The number of nitrogens with one attached hydrogen (secondary N) is 4. The van der Waals surface area contributed by atoms with Crippen molar-refractivity contribution in [3.63, 3.8) is 0 Å². The van der Waals surface area contributed by atoms with Gasteiger partial charge in [-0.2, -0.15) is 0 Å². The van der Waals surface area contributed by atoms with Crippen LogP contribution in [-0.4, -0.2) is 23.0 Å². The summed E-state index contributed by atoms with van der Waals surface area (Å²) < 4.78 is 0. The number of pyridine rings is 1. The third-order valence-electron chi connectivity index (χ3n) is 2.04. The van der Waals surface area contributed by atoms with Crippen LogP contribution in [0, 0.1) is 10.1 Å². The van der Waals surface area contributed by atoms with Gasteiger partial charge in [-0.25, -0.2) is 9.78 Å². The number of amides is 2. The lowest BCUT2D eigenvalue weighted by Gasteiger charge is -2.12. The van der Waals surface area contributed by atoms with Crippen molar-refractivity contribution in [2.75, 3.05) is 7.05 Å². The van der Waals surface area contributed by atoms with Crippen molar-refractivity contribution < 1.29 is 9.72 Å². The molecule has 0 unspecified atom stereocenters. The van der Waals surface area contributed by atoms with Gasteiger partial charge in [0.15, 0.2) is 5.82 Å². The maximum absolute atomic E-state index is 11.0. The summed E-state index contributed by atoms with van der Waals surface area (Å²) in [5.41, 5.74) is 5.36. The number of hydrogen-bond acceptors (Lipinski definition) is 6. The Hall–Kier alpha value is -2.55. The number of carbonyl (C=O) groups excluding carboxylic acids is 1. The molecule has 0 aliphatic rings. The van der Waals surface area contributed by atoms with Crippen LogP contribution in [0.3, 0.4) is 0 Å². The van der Waals surface area contributed by atoms with E-state index in [4.69, 9.17) is 11.6 Å². The third-order valence-corrected chi connectivity index (χ3v) is 2.27. The fourth-order valence-corrected chi connectivity index (χ4v) is 1.23. The minimum atomic E-state index is -0.652. The molecule has 0 saturated carbocycles. The molecule has 0 aliphatic heterocycles. The van der Waals surface area contributed by atoms with Crippen molar-refractivity contribution in [3.05, 3.63) is 51.2 Å². The zero-order chi connectivity index (χ0) is 15.0. The van der Waals surface area contributed by atoms with Crippen molar-refractivity contribution in [1.29, 1.82) is 0 Å². The van der Waals surface area contributed by atoms with Crippen LogP contribution >= 0.6 is 11.6 Å². The van der Waals surface area contributed by atoms with E-state index in [1.54, 1.807) is 12.1 Å². The smallest absolute Gasteiger partial charge is 0.333 e. The highest BCUT2D eigenvalue weighted by Crippen LogP contribution is 2.05. The molecule has 2 amide bonds. The van der Waals surface area contributed by atoms with E-state index in [9.17, 15) is 14.9 Å². The second-order valence-corrected chi connectivity index (χ2v) is 3.89. The van der Waals surface area contributed by atoms with Gasteiger partial charge in [-0.3, -0.25) is 21.0 Å². The monoisotopic (exact) mass is 300 g/mol. The molecule has 9 nitrogen and oxygen atoms in total. The summed E-state index contributed by atoms with van der Waals surface area (Å²) in [6, 6.07) is 2.79. The minimum absolute atomic E-state index is 0.0218. The first kappa shape index (κ1) is 15.5. The normalized spacial score (nSPS) is 10.6. The highest BCUT2D eigenvalue weighted by atomic mass is 35.5. The summed E-state index contributed by atoms with van der Waals surface area (Å²) in [6.45, 7) is 0.270. The Bertz CT molecular complexity index is 504. The van der Waals surface area contributed by atoms with Crippen molar-refractivity contribution in [3.8, 4) is 0 Å². The second-order valence-electron chi connectivity index (χ2n) is 3.50. The number of hydrogen-bond donors (Lipinski definition) is 4. The number of halogens is 1. The van der Waals surface area contributed by atoms with E-state index < -0.39 is 11.0 Å². The molecule has 1 aromatic heterocycles. The van der Waals surface area contributed by atoms with Crippen LogP contribution in [-0.2, 0) is 6.54 Å². The lowest BCUT2D eigenvalue weighted by molar-refractivity contribution is -0.404. The zero-order valence-corrected chi connectivity index (χ0v) is 11.3. The fraction of sp³-hybridized carbons (Fsp3) is 0.200. The molecule has 4 N–H and O–H groups in total. The first-order valence-electron chi connectivity index (χ1n) is 5.44. The highest BCUT2D eigenvalue weighted by Gasteiger charge is 2.04. The summed E-state index contributed by atoms with van der Waals surface area (Å²) >= 11 is 5.64. The van der Waals surface area contributed by atoms with Gasteiger partial charge >= 0.3 is 6.03 Å².